The van der Waals surface area contributed by atoms with E-state index in [1.165, 1.54) is 5.69 Å². The molecule has 0 bridgehead atoms. The molecule has 0 spiro atoms. The van der Waals surface area contributed by atoms with Gasteiger partial charge < -0.3 is 15.1 Å². The molecule has 1 aliphatic rings. The number of likely N-dealkylation sites (N-methyl/N-ethyl adjacent to an activating group) is 1. The van der Waals surface area contributed by atoms with Crippen molar-refractivity contribution in [2.45, 2.75) is 12.8 Å². The second kappa shape index (κ2) is 7.29. The number of piperidine rings is 1. The Morgan fingerprint density at radius 2 is 2.15 bits per heavy atom. The number of anilines is 1. The third-order valence-electron chi connectivity index (χ3n) is 3.94. The number of amides is 1. The lowest BCUT2D eigenvalue weighted by molar-refractivity contribution is -0.126. The number of carbonyl (C=O) groups is 1. The van der Waals surface area contributed by atoms with Crippen LogP contribution in [0.1, 0.15) is 12.8 Å². The molecule has 1 unspecified atom stereocenters. The maximum absolute atomic E-state index is 12.1. The zero-order valence-corrected chi connectivity index (χ0v) is 12.5. The number of nitrogens with zero attached hydrogens (tertiary/aromatic N) is 2. The van der Waals surface area contributed by atoms with Crippen molar-refractivity contribution in [3.05, 3.63) is 30.3 Å². The van der Waals surface area contributed by atoms with Gasteiger partial charge in [0.25, 0.3) is 0 Å². The predicted octanol–water partition coefficient (Wildman–Crippen LogP) is 1.58. The average Bonchev–Trinajstić information content (AvgIpc) is 2.48. The van der Waals surface area contributed by atoms with Crippen molar-refractivity contribution in [2.75, 3.05) is 45.2 Å². The van der Waals surface area contributed by atoms with Gasteiger partial charge in [0.05, 0.1) is 5.92 Å². The Hall–Kier alpha value is -1.55. The topological polar surface area (TPSA) is 35.6 Å². The molecule has 1 N–H and O–H groups in total. The smallest absolute Gasteiger partial charge is 0.224 e. The van der Waals surface area contributed by atoms with E-state index in [0.29, 0.717) is 6.54 Å². The summed E-state index contributed by atoms with van der Waals surface area (Å²) in [6.07, 6.45) is 2.14. The Bertz CT molecular complexity index is 421. The number of nitrogens with one attached hydrogen (secondary N) is 1. The van der Waals surface area contributed by atoms with Crippen LogP contribution >= 0.6 is 0 Å². The SMILES string of the molecule is CN1CCCC(C(=O)NCCN(C)c2ccccc2)C1. The van der Waals surface area contributed by atoms with Crippen molar-refractivity contribution in [2.24, 2.45) is 5.92 Å². The number of likely N-dealkylation sites (tertiary alicyclic amines) is 1. The molecule has 1 amide bonds. The van der Waals surface area contributed by atoms with Crippen molar-refractivity contribution in [1.82, 2.24) is 10.2 Å². The monoisotopic (exact) mass is 275 g/mol. The van der Waals surface area contributed by atoms with E-state index in [1.807, 2.05) is 18.2 Å². The van der Waals surface area contributed by atoms with Gasteiger partial charge in [0.2, 0.25) is 5.91 Å². The lowest BCUT2D eigenvalue weighted by atomic mass is 9.98. The molecule has 1 heterocycles. The Labute approximate surface area is 121 Å². The minimum atomic E-state index is 0.163. The molecule has 2 rings (SSSR count). The van der Waals surface area contributed by atoms with E-state index >= 15 is 0 Å². The molecule has 1 aromatic rings. The number of carbonyl (C=O) groups excluding carboxylic acids is 1. The fourth-order valence-corrected chi connectivity index (χ4v) is 2.68. The van der Waals surface area contributed by atoms with E-state index in [0.717, 1.165) is 32.5 Å². The highest BCUT2D eigenvalue weighted by molar-refractivity contribution is 5.79. The average molecular weight is 275 g/mol. The Morgan fingerprint density at radius 3 is 2.85 bits per heavy atom. The van der Waals surface area contributed by atoms with E-state index in [4.69, 9.17) is 0 Å². The molecule has 0 radical (unpaired) electrons. The van der Waals surface area contributed by atoms with E-state index < -0.39 is 0 Å². The Morgan fingerprint density at radius 1 is 1.40 bits per heavy atom. The summed E-state index contributed by atoms with van der Waals surface area (Å²) in [6.45, 7) is 3.53. The van der Waals surface area contributed by atoms with Gasteiger partial charge in [-0.1, -0.05) is 18.2 Å². The van der Waals surface area contributed by atoms with Crippen LogP contribution in [0, 0.1) is 5.92 Å². The first kappa shape index (κ1) is 14.9. The maximum Gasteiger partial charge on any atom is 0.224 e. The van der Waals surface area contributed by atoms with Crippen LogP contribution in [0.25, 0.3) is 0 Å². The lowest BCUT2D eigenvalue weighted by Crippen LogP contribution is -2.43. The number of para-hydroxylation sites is 1. The summed E-state index contributed by atoms with van der Waals surface area (Å²) in [5.41, 5.74) is 1.18. The number of hydrogen-bond acceptors (Lipinski definition) is 3. The normalized spacial score (nSPS) is 19.6. The number of benzene rings is 1. The molecule has 20 heavy (non-hydrogen) atoms. The van der Waals surface area contributed by atoms with E-state index in [-0.39, 0.29) is 11.8 Å². The molecule has 0 aromatic heterocycles. The van der Waals surface area contributed by atoms with Gasteiger partial charge in [-0.15, -0.1) is 0 Å². The second-order valence-electron chi connectivity index (χ2n) is 5.65. The van der Waals surface area contributed by atoms with Crippen molar-refractivity contribution in [3.63, 3.8) is 0 Å². The molecular formula is C16H25N3O. The van der Waals surface area contributed by atoms with Gasteiger partial charge in [-0.25, -0.2) is 0 Å². The van der Waals surface area contributed by atoms with Crippen molar-refractivity contribution >= 4 is 11.6 Å². The van der Waals surface area contributed by atoms with Crippen LogP contribution in [-0.4, -0.2) is 51.1 Å². The van der Waals surface area contributed by atoms with E-state index in [9.17, 15) is 4.79 Å². The van der Waals surface area contributed by atoms with Crippen LogP contribution in [0.4, 0.5) is 5.69 Å². The molecule has 1 aromatic carbocycles. The Balaban J connectivity index is 1.71. The van der Waals surface area contributed by atoms with Crippen molar-refractivity contribution < 1.29 is 4.79 Å². The molecule has 4 heteroatoms. The van der Waals surface area contributed by atoms with E-state index in [1.54, 1.807) is 0 Å². The minimum absolute atomic E-state index is 0.163. The molecule has 0 aliphatic carbocycles. The summed E-state index contributed by atoms with van der Waals surface area (Å²) in [7, 11) is 4.14. The number of hydrogen-bond donors (Lipinski definition) is 1. The highest BCUT2D eigenvalue weighted by Crippen LogP contribution is 2.15. The summed E-state index contributed by atoms with van der Waals surface area (Å²) >= 11 is 0. The van der Waals surface area contributed by atoms with Gasteiger partial charge in [-0.3, -0.25) is 4.79 Å². The van der Waals surface area contributed by atoms with Gasteiger partial charge >= 0.3 is 0 Å². The molecule has 1 saturated heterocycles. The van der Waals surface area contributed by atoms with Crippen LogP contribution < -0.4 is 10.2 Å². The van der Waals surface area contributed by atoms with Gasteiger partial charge in [0.15, 0.2) is 0 Å². The van der Waals surface area contributed by atoms with Crippen LogP contribution in [-0.2, 0) is 4.79 Å². The van der Waals surface area contributed by atoms with Gasteiger partial charge in [-0.05, 0) is 38.6 Å². The third-order valence-corrected chi connectivity index (χ3v) is 3.94. The summed E-state index contributed by atoms with van der Waals surface area (Å²) in [4.78, 5) is 16.5. The van der Waals surface area contributed by atoms with Gasteiger partial charge in [0.1, 0.15) is 0 Å². The standard InChI is InChI=1S/C16H25N3O/c1-18-11-6-7-14(13-18)16(20)17-10-12-19(2)15-8-4-3-5-9-15/h3-5,8-9,14H,6-7,10-13H2,1-2H3,(H,17,20). The Kier molecular flexibility index (Phi) is 5.41. The van der Waals surface area contributed by atoms with Gasteiger partial charge in [-0.2, -0.15) is 0 Å². The molecule has 1 atom stereocenters. The fraction of sp³-hybridized carbons (Fsp3) is 0.562. The molecular weight excluding hydrogens is 250 g/mol. The zero-order chi connectivity index (χ0) is 14.4. The molecule has 110 valence electrons. The highest BCUT2D eigenvalue weighted by Gasteiger charge is 2.23. The maximum atomic E-state index is 12.1. The first-order chi connectivity index (χ1) is 9.66. The summed E-state index contributed by atoms with van der Waals surface area (Å²) in [6, 6.07) is 10.2. The third kappa shape index (κ3) is 4.23. The first-order valence-electron chi connectivity index (χ1n) is 7.39. The molecule has 4 nitrogen and oxygen atoms in total. The highest BCUT2D eigenvalue weighted by atomic mass is 16.1. The molecule has 1 aliphatic heterocycles. The quantitative estimate of drug-likeness (QED) is 0.886. The molecule has 1 fully saturated rings. The van der Waals surface area contributed by atoms with Crippen LogP contribution in [0.3, 0.4) is 0 Å². The van der Waals surface area contributed by atoms with Crippen LogP contribution in [0.5, 0.6) is 0 Å². The van der Waals surface area contributed by atoms with E-state index in [2.05, 4.69) is 41.3 Å². The van der Waals surface area contributed by atoms with Crippen molar-refractivity contribution in [3.8, 4) is 0 Å². The largest absolute Gasteiger partial charge is 0.373 e. The summed E-state index contributed by atoms with van der Waals surface area (Å²) in [5, 5.41) is 3.07. The van der Waals surface area contributed by atoms with Crippen LogP contribution in [0.15, 0.2) is 30.3 Å². The summed E-state index contributed by atoms with van der Waals surface area (Å²) < 4.78 is 0. The van der Waals surface area contributed by atoms with Crippen molar-refractivity contribution in [1.29, 1.82) is 0 Å². The zero-order valence-electron chi connectivity index (χ0n) is 12.5. The molecule has 0 saturated carbocycles. The predicted molar refractivity (Wildman–Crippen MR) is 82.9 cm³/mol. The summed E-state index contributed by atoms with van der Waals surface area (Å²) in [5.74, 6) is 0.369. The lowest BCUT2D eigenvalue weighted by Gasteiger charge is -2.29. The van der Waals surface area contributed by atoms with Crippen LogP contribution in [0.2, 0.25) is 0 Å². The first-order valence-corrected chi connectivity index (χ1v) is 7.39. The fourth-order valence-electron chi connectivity index (χ4n) is 2.68. The second-order valence-corrected chi connectivity index (χ2v) is 5.65. The van der Waals surface area contributed by atoms with Gasteiger partial charge in [0, 0.05) is 32.4 Å². The number of rotatable bonds is 5. The minimum Gasteiger partial charge on any atom is -0.373 e.